The van der Waals surface area contributed by atoms with Crippen molar-refractivity contribution in [3.8, 4) is 0 Å². The van der Waals surface area contributed by atoms with E-state index in [2.05, 4.69) is 31.1 Å². The number of piperidine rings is 1. The van der Waals surface area contributed by atoms with E-state index in [9.17, 15) is 0 Å². The van der Waals surface area contributed by atoms with Crippen molar-refractivity contribution < 1.29 is 0 Å². The largest absolute Gasteiger partial charge is 0.317 e. The van der Waals surface area contributed by atoms with E-state index >= 15 is 0 Å². The smallest absolute Gasteiger partial charge is 0.0105 e. The van der Waals surface area contributed by atoms with Crippen LogP contribution in [-0.4, -0.2) is 37.6 Å². The fourth-order valence-electron chi connectivity index (χ4n) is 3.99. The summed E-state index contributed by atoms with van der Waals surface area (Å²) >= 11 is 0. The lowest BCUT2D eigenvalue weighted by Crippen LogP contribution is -2.46. The number of nitrogens with zero attached hydrogens (tertiary/aromatic N) is 1. The molecule has 2 aliphatic rings. The maximum atomic E-state index is 3.56. The second kappa shape index (κ2) is 6.91. The van der Waals surface area contributed by atoms with Crippen molar-refractivity contribution in [2.75, 3.05) is 26.7 Å². The fourth-order valence-corrected chi connectivity index (χ4v) is 3.99. The molecule has 18 heavy (non-hydrogen) atoms. The first-order valence-corrected chi connectivity index (χ1v) is 8.12. The molecule has 106 valence electrons. The molecule has 3 atom stereocenters. The van der Waals surface area contributed by atoms with E-state index in [0.29, 0.717) is 0 Å². The molecular weight excluding hydrogens is 220 g/mol. The number of hydrogen-bond acceptors (Lipinski definition) is 2. The Kier molecular flexibility index (Phi) is 5.50. The Bertz CT molecular complexity index is 233. The van der Waals surface area contributed by atoms with Gasteiger partial charge in [0.1, 0.15) is 0 Å². The maximum Gasteiger partial charge on any atom is 0.0105 e. The molecule has 0 spiro atoms. The average molecular weight is 252 g/mol. The molecule has 0 bridgehead atoms. The number of likely N-dealkylation sites (tertiary alicyclic amines) is 1. The zero-order valence-corrected chi connectivity index (χ0v) is 12.6. The lowest BCUT2D eigenvalue weighted by atomic mass is 9.78. The quantitative estimate of drug-likeness (QED) is 0.827. The van der Waals surface area contributed by atoms with Gasteiger partial charge in [-0.25, -0.2) is 0 Å². The first kappa shape index (κ1) is 14.3. The van der Waals surface area contributed by atoms with Crippen LogP contribution in [0.5, 0.6) is 0 Å². The number of rotatable bonds is 4. The molecule has 1 saturated heterocycles. The van der Waals surface area contributed by atoms with Crippen LogP contribution in [0, 0.1) is 17.8 Å². The van der Waals surface area contributed by atoms with Gasteiger partial charge in [0, 0.05) is 12.6 Å². The summed E-state index contributed by atoms with van der Waals surface area (Å²) in [6.45, 7) is 8.81. The van der Waals surface area contributed by atoms with Crippen LogP contribution in [0.2, 0.25) is 0 Å². The molecule has 1 heterocycles. The lowest BCUT2D eigenvalue weighted by Gasteiger charge is -2.40. The van der Waals surface area contributed by atoms with E-state index in [1.54, 1.807) is 0 Å². The Morgan fingerprint density at radius 2 is 1.83 bits per heavy atom. The summed E-state index contributed by atoms with van der Waals surface area (Å²) in [6, 6.07) is 0.769. The van der Waals surface area contributed by atoms with Gasteiger partial charge in [0.2, 0.25) is 0 Å². The van der Waals surface area contributed by atoms with Gasteiger partial charge in [0.15, 0.2) is 0 Å². The third kappa shape index (κ3) is 3.71. The van der Waals surface area contributed by atoms with Gasteiger partial charge < -0.3 is 10.2 Å². The van der Waals surface area contributed by atoms with Gasteiger partial charge in [-0.2, -0.15) is 0 Å². The lowest BCUT2D eigenvalue weighted by molar-refractivity contribution is 0.115. The van der Waals surface area contributed by atoms with Gasteiger partial charge >= 0.3 is 0 Å². The van der Waals surface area contributed by atoms with Crippen molar-refractivity contribution in [3.63, 3.8) is 0 Å². The van der Waals surface area contributed by atoms with Gasteiger partial charge in [0.25, 0.3) is 0 Å². The van der Waals surface area contributed by atoms with Crippen LogP contribution >= 0.6 is 0 Å². The minimum Gasteiger partial charge on any atom is -0.317 e. The van der Waals surface area contributed by atoms with Crippen LogP contribution in [0.15, 0.2) is 0 Å². The Morgan fingerprint density at radius 1 is 1.11 bits per heavy atom. The predicted octanol–water partition coefficient (Wildman–Crippen LogP) is 3.13. The summed E-state index contributed by atoms with van der Waals surface area (Å²) in [7, 11) is 2.15. The van der Waals surface area contributed by atoms with Crippen LogP contribution in [0.1, 0.15) is 52.4 Å². The van der Waals surface area contributed by atoms with E-state index in [4.69, 9.17) is 0 Å². The maximum absolute atomic E-state index is 3.56. The van der Waals surface area contributed by atoms with Gasteiger partial charge in [0.05, 0.1) is 0 Å². The molecule has 2 fully saturated rings. The highest BCUT2D eigenvalue weighted by Crippen LogP contribution is 2.30. The zero-order chi connectivity index (χ0) is 13.0. The molecule has 2 nitrogen and oxygen atoms in total. The summed E-state index contributed by atoms with van der Waals surface area (Å²) in [4.78, 5) is 2.74. The van der Waals surface area contributed by atoms with E-state index < -0.39 is 0 Å². The molecule has 1 aliphatic carbocycles. The molecule has 3 unspecified atom stereocenters. The SMILES string of the molecule is CCC1CCN(CC2CC(C)CCC2NC)CC1. The summed E-state index contributed by atoms with van der Waals surface area (Å²) in [5, 5.41) is 3.56. The predicted molar refractivity (Wildman–Crippen MR) is 78.8 cm³/mol. The molecule has 0 aromatic rings. The van der Waals surface area contributed by atoms with E-state index in [1.807, 2.05) is 0 Å². The van der Waals surface area contributed by atoms with Gasteiger partial charge in [-0.1, -0.05) is 20.3 Å². The Balaban J connectivity index is 1.80. The molecule has 0 aromatic carbocycles. The third-order valence-electron chi connectivity index (χ3n) is 5.39. The van der Waals surface area contributed by atoms with Crippen molar-refractivity contribution in [2.45, 2.75) is 58.4 Å². The van der Waals surface area contributed by atoms with Gasteiger partial charge in [-0.3, -0.25) is 0 Å². The number of hydrogen-bond donors (Lipinski definition) is 1. The monoisotopic (exact) mass is 252 g/mol. The Labute approximate surface area is 114 Å². The highest BCUT2D eigenvalue weighted by molar-refractivity contribution is 4.85. The van der Waals surface area contributed by atoms with Crippen LogP contribution < -0.4 is 5.32 Å². The summed E-state index contributed by atoms with van der Waals surface area (Å²) in [6.07, 6.45) is 8.48. The molecular formula is C16H32N2. The second-order valence-electron chi connectivity index (χ2n) is 6.73. The number of nitrogens with one attached hydrogen (secondary N) is 1. The van der Waals surface area contributed by atoms with Crippen molar-refractivity contribution >= 4 is 0 Å². The van der Waals surface area contributed by atoms with Crippen LogP contribution in [0.3, 0.4) is 0 Å². The van der Waals surface area contributed by atoms with Crippen LogP contribution in [0.25, 0.3) is 0 Å². The molecule has 2 heteroatoms. The first-order valence-electron chi connectivity index (χ1n) is 8.12. The third-order valence-corrected chi connectivity index (χ3v) is 5.39. The average Bonchev–Trinajstić information content (AvgIpc) is 2.40. The van der Waals surface area contributed by atoms with E-state index in [0.717, 1.165) is 23.8 Å². The standard InChI is InChI=1S/C16H32N2/c1-4-14-7-9-18(10-8-14)12-15-11-13(2)5-6-16(15)17-3/h13-17H,4-12H2,1-3H3. The van der Waals surface area contributed by atoms with E-state index in [-0.39, 0.29) is 0 Å². The van der Waals surface area contributed by atoms with Gasteiger partial charge in [-0.05, 0) is 70.0 Å². The normalized spacial score (nSPS) is 35.8. The molecule has 1 aliphatic heterocycles. The van der Waals surface area contributed by atoms with Crippen molar-refractivity contribution in [1.29, 1.82) is 0 Å². The summed E-state index contributed by atoms with van der Waals surface area (Å²) < 4.78 is 0. The minimum atomic E-state index is 0.769. The zero-order valence-electron chi connectivity index (χ0n) is 12.6. The first-order chi connectivity index (χ1) is 8.72. The van der Waals surface area contributed by atoms with Crippen molar-refractivity contribution in [1.82, 2.24) is 10.2 Å². The van der Waals surface area contributed by atoms with E-state index in [1.165, 1.54) is 58.2 Å². The molecule has 2 rings (SSSR count). The highest BCUT2D eigenvalue weighted by atomic mass is 15.1. The van der Waals surface area contributed by atoms with Crippen molar-refractivity contribution in [2.24, 2.45) is 17.8 Å². The van der Waals surface area contributed by atoms with Crippen LogP contribution in [-0.2, 0) is 0 Å². The fraction of sp³-hybridized carbons (Fsp3) is 1.00. The molecule has 1 saturated carbocycles. The molecule has 0 radical (unpaired) electrons. The summed E-state index contributed by atoms with van der Waals surface area (Å²) in [5.74, 6) is 2.83. The van der Waals surface area contributed by atoms with Gasteiger partial charge in [-0.15, -0.1) is 0 Å². The minimum absolute atomic E-state index is 0.769. The highest BCUT2D eigenvalue weighted by Gasteiger charge is 2.30. The molecule has 1 N–H and O–H groups in total. The molecule has 0 amide bonds. The topological polar surface area (TPSA) is 15.3 Å². The Morgan fingerprint density at radius 3 is 2.44 bits per heavy atom. The second-order valence-corrected chi connectivity index (χ2v) is 6.73. The molecule has 0 aromatic heterocycles. The Hall–Kier alpha value is -0.0800. The van der Waals surface area contributed by atoms with Crippen molar-refractivity contribution in [3.05, 3.63) is 0 Å². The van der Waals surface area contributed by atoms with Crippen LogP contribution in [0.4, 0.5) is 0 Å². The summed E-state index contributed by atoms with van der Waals surface area (Å²) in [5.41, 5.74) is 0.